The van der Waals surface area contributed by atoms with Crippen LogP contribution < -0.4 is 4.90 Å². The van der Waals surface area contributed by atoms with Crippen molar-refractivity contribution >= 4 is 55.9 Å². The Kier molecular flexibility index (Phi) is 5.07. The van der Waals surface area contributed by atoms with Gasteiger partial charge in [-0.05, 0) is 60.7 Å². The van der Waals surface area contributed by atoms with Crippen LogP contribution in [0, 0.1) is 0 Å². The van der Waals surface area contributed by atoms with Gasteiger partial charge in [0.1, 0.15) is 11.6 Å². The zero-order valence-electron chi connectivity index (χ0n) is 16.3. The zero-order chi connectivity index (χ0) is 22.4. The molecule has 2 aromatic carbocycles. The molecular formula is C24H14BrClN2O4. The molecule has 0 fully saturated rings. The van der Waals surface area contributed by atoms with E-state index in [2.05, 4.69) is 20.9 Å². The molecule has 1 N–H and O–H groups in total. The van der Waals surface area contributed by atoms with Crippen molar-refractivity contribution in [1.29, 1.82) is 0 Å². The molecule has 3 heterocycles. The van der Waals surface area contributed by atoms with Gasteiger partial charge in [0, 0.05) is 26.8 Å². The molecule has 158 valence electrons. The zero-order valence-corrected chi connectivity index (χ0v) is 18.7. The average Bonchev–Trinajstić information content (AvgIpc) is 3.33. The van der Waals surface area contributed by atoms with E-state index in [9.17, 15) is 14.7 Å². The van der Waals surface area contributed by atoms with E-state index in [0.29, 0.717) is 22.0 Å². The van der Waals surface area contributed by atoms with Gasteiger partial charge in [-0.3, -0.25) is 19.5 Å². The van der Waals surface area contributed by atoms with Crippen LogP contribution in [-0.2, 0) is 4.79 Å². The van der Waals surface area contributed by atoms with Crippen LogP contribution in [0.1, 0.15) is 22.3 Å². The monoisotopic (exact) mass is 508 g/mol. The molecule has 0 radical (unpaired) electrons. The first-order valence-corrected chi connectivity index (χ1v) is 10.8. The van der Waals surface area contributed by atoms with Crippen LogP contribution in [0.3, 0.4) is 0 Å². The fourth-order valence-corrected chi connectivity index (χ4v) is 4.29. The number of aromatic nitrogens is 1. The highest BCUT2D eigenvalue weighted by Gasteiger charge is 2.46. The molecular weight excluding hydrogens is 496 g/mol. The summed E-state index contributed by atoms with van der Waals surface area (Å²) >= 11 is 9.40. The molecule has 1 atom stereocenters. The molecule has 8 heteroatoms. The summed E-state index contributed by atoms with van der Waals surface area (Å²) in [5, 5.41) is 12.0. The number of furan rings is 1. The summed E-state index contributed by atoms with van der Waals surface area (Å²) in [5.41, 5.74) is 1.33. The van der Waals surface area contributed by atoms with E-state index in [1.807, 2.05) is 6.07 Å². The van der Waals surface area contributed by atoms with E-state index in [1.165, 1.54) is 4.90 Å². The summed E-state index contributed by atoms with van der Waals surface area (Å²) < 4.78 is 6.57. The van der Waals surface area contributed by atoms with Gasteiger partial charge in [0.15, 0.2) is 11.5 Å². The van der Waals surface area contributed by atoms with Crippen LogP contribution >= 0.6 is 27.5 Å². The number of Topliss-reactive ketones (excluding diaryl/α,β-unsaturated/α-hetero) is 1. The number of amides is 1. The predicted molar refractivity (Wildman–Crippen MR) is 124 cm³/mol. The summed E-state index contributed by atoms with van der Waals surface area (Å²) in [7, 11) is 0. The topological polar surface area (TPSA) is 83.6 Å². The number of benzene rings is 2. The predicted octanol–water partition coefficient (Wildman–Crippen LogP) is 6.03. The molecule has 32 heavy (non-hydrogen) atoms. The molecule has 1 amide bonds. The molecule has 5 rings (SSSR count). The summed E-state index contributed by atoms with van der Waals surface area (Å²) in [6, 6.07) is 17.8. The van der Waals surface area contributed by atoms with Crippen molar-refractivity contribution < 1.29 is 19.1 Å². The maximum absolute atomic E-state index is 13.5. The quantitative estimate of drug-likeness (QED) is 0.340. The Labute approximate surface area is 195 Å². The number of ketones is 1. The molecule has 1 aliphatic heterocycles. The summed E-state index contributed by atoms with van der Waals surface area (Å²) in [5.74, 6) is -1.91. The van der Waals surface area contributed by atoms with Crippen LogP contribution in [-0.4, -0.2) is 21.8 Å². The number of fused-ring (bicyclic) bond motifs is 1. The Balaban J connectivity index is 1.65. The summed E-state index contributed by atoms with van der Waals surface area (Å²) in [6.07, 6.45) is 1.57. The van der Waals surface area contributed by atoms with Gasteiger partial charge in [0.2, 0.25) is 5.78 Å². The highest BCUT2D eigenvalue weighted by atomic mass is 79.9. The average molecular weight is 510 g/mol. The molecule has 0 spiro atoms. The van der Waals surface area contributed by atoms with Crippen molar-refractivity contribution in [3.05, 3.63) is 105 Å². The lowest BCUT2D eigenvalue weighted by atomic mass is 9.98. The Bertz CT molecular complexity index is 1400. The first kappa shape index (κ1) is 20.5. The second-order valence-corrected chi connectivity index (χ2v) is 8.55. The fraction of sp³-hybridized carbons (Fsp3) is 0.0417. The van der Waals surface area contributed by atoms with Gasteiger partial charge in [-0.15, -0.1) is 0 Å². The lowest BCUT2D eigenvalue weighted by Crippen LogP contribution is -2.31. The fourth-order valence-electron chi connectivity index (χ4n) is 3.78. The van der Waals surface area contributed by atoms with Gasteiger partial charge in [0.25, 0.3) is 5.91 Å². The van der Waals surface area contributed by atoms with Gasteiger partial charge < -0.3 is 9.52 Å². The standard InChI is InChI=1S/C24H14BrClN2O4/c25-14-4-9-18-13(11-14)12-19(32-18)22(29)20-21(17-3-1-2-10-27-17)28(24(31)23(20)30)16-7-5-15(26)6-8-16/h1-12,21,30H. The van der Waals surface area contributed by atoms with Crippen LogP contribution in [0.5, 0.6) is 0 Å². The highest BCUT2D eigenvalue weighted by Crippen LogP contribution is 2.42. The third kappa shape index (κ3) is 3.39. The second kappa shape index (κ2) is 7.93. The number of hydrogen-bond acceptors (Lipinski definition) is 5. The van der Waals surface area contributed by atoms with Crippen LogP contribution in [0.25, 0.3) is 11.0 Å². The number of rotatable bonds is 4. The Hall–Kier alpha value is -3.42. The van der Waals surface area contributed by atoms with E-state index in [-0.39, 0.29) is 11.3 Å². The van der Waals surface area contributed by atoms with Crippen molar-refractivity contribution in [2.45, 2.75) is 6.04 Å². The van der Waals surface area contributed by atoms with Crippen LogP contribution in [0.4, 0.5) is 5.69 Å². The number of hydrogen-bond donors (Lipinski definition) is 1. The van der Waals surface area contributed by atoms with Crippen molar-refractivity contribution in [3.8, 4) is 0 Å². The number of carbonyl (C=O) groups is 2. The largest absolute Gasteiger partial charge is 0.503 e. The molecule has 0 saturated carbocycles. The van der Waals surface area contributed by atoms with Crippen LogP contribution in [0.15, 0.2) is 93.1 Å². The minimum Gasteiger partial charge on any atom is -0.503 e. The first-order chi connectivity index (χ1) is 15.4. The van der Waals surface area contributed by atoms with Crippen molar-refractivity contribution in [1.82, 2.24) is 4.98 Å². The van der Waals surface area contributed by atoms with Crippen molar-refractivity contribution in [3.63, 3.8) is 0 Å². The minimum atomic E-state index is -0.933. The normalized spacial score (nSPS) is 16.2. The Morgan fingerprint density at radius 1 is 1.09 bits per heavy atom. The molecule has 0 saturated heterocycles. The van der Waals surface area contributed by atoms with E-state index in [4.69, 9.17) is 16.0 Å². The maximum atomic E-state index is 13.5. The summed E-state index contributed by atoms with van der Waals surface area (Å²) in [6.45, 7) is 0. The lowest BCUT2D eigenvalue weighted by Gasteiger charge is -2.26. The molecule has 1 aliphatic rings. The van der Waals surface area contributed by atoms with Gasteiger partial charge in [0.05, 0.1) is 11.3 Å². The van der Waals surface area contributed by atoms with E-state index >= 15 is 0 Å². The molecule has 2 aromatic heterocycles. The number of carbonyl (C=O) groups excluding carboxylic acids is 2. The summed E-state index contributed by atoms with van der Waals surface area (Å²) in [4.78, 5) is 32.3. The van der Waals surface area contributed by atoms with Gasteiger partial charge in [-0.2, -0.15) is 0 Å². The number of halogens is 2. The molecule has 1 unspecified atom stereocenters. The number of aliphatic hydroxyl groups excluding tert-OH is 1. The van der Waals surface area contributed by atoms with Crippen molar-refractivity contribution in [2.75, 3.05) is 4.90 Å². The van der Waals surface area contributed by atoms with E-state index in [0.717, 1.165) is 9.86 Å². The smallest absolute Gasteiger partial charge is 0.294 e. The molecule has 6 nitrogen and oxygen atoms in total. The third-order valence-electron chi connectivity index (χ3n) is 5.23. The van der Waals surface area contributed by atoms with Gasteiger partial charge in [-0.25, -0.2) is 0 Å². The molecule has 4 aromatic rings. The molecule has 0 aliphatic carbocycles. The van der Waals surface area contributed by atoms with Gasteiger partial charge in [-0.1, -0.05) is 33.6 Å². The third-order valence-corrected chi connectivity index (χ3v) is 5.97. The number of anilines is 1. The second-order valence-electron chi connectivity index (χ2n) is 7.19. The Morgan fingerprint density at radius 2 is 1.88 bits per heavy atom. The van der Waals surface area contributed by atoms with E-state index in [1.54, 1.807) is 66.9 Å². The van der Waals surface area contributed by atoms with E-state index < -0.39 is 23.5 Å². The minimum absolute atomic E-state index is 0.0198. The number of nitrogens with zero attached hydrogens (tertiary/aromatic N) is 2. The highest BCUT2D eigenvalue weighted by molar-refractivity contribution is 9.10. The molecule has 0 bridgehead atoms. The Morgan fingerprint density at radius 3 is 2.59 bits per heavy atom. The SMILES string of the molecule is O=C(C1=C(O)C(=O)N(c2ccc(Cl)cc2)C1c1ccccn1)c1cc2cc(Br)ccc2o1. The van der Waals surface area contributed by atoms with Crippen molar-refractivity contribution in [2.24, 2.45) is 0 Å². The maximum Gasteiger partial charge on any atom is 0.294 e. The van der Waals surface area contributed by atoms with Gasteiger partial charge >= 0.3 is 0 Å². The first-order valence-electron chi connectivity index (χ1n) is 9.61. The lowest BCUT2D eigenvalue weighted by molar-refractivity contribution is -0.117. The van der Waals surface area contributed by atoms with Crippen LogP contribution in [0.2, 0.25) is 5.02 Å². The number of aliphatic hydroxyl groups is 1. The number of pyridine rings is 1.